The van der Waals surface area contributed by atoms with Crippen molar-refractivity contribution < 1.29 is 14.0 Å². The highest BCUT2D eigenvalue weighted by Gasteiger charge is 2.10. The van der Waals surface area contributed by atoms with Crippen LogP contribution in [-0.4, -0.2) is 11.8 Å². The first-order chi connectivity index (χ1) is 10.6. The lowest BCUT2D eigenvalue weighted by atomic mass is 10.2. The van der Waals surface area contributed by atoms with Crippen molar-refractivity contribution in [3.63, 3.8) is 0 Å². The number of amides is 2. The third kappa shape index (κ3) is 2.75. The summed E-state index contributed by atoms with van der Waals surface area (Å²) in [6, 6.07) is 12.1. The summed E-state index contributed by atoms with van der Waals surface area (Å²) in [5, 5.41) is 6.38. The minimum atomic E-state index is -0.682. The molecule has 0 spiro atoms. The first-order valence-corrected chi connectivity index (χ1v) is 7.23. The third-order valence-electron chi connectivity index (χ3n) is 2.93. The monoisotopic (exact) mass is 313 g/mol. The van der Waals surface area contributed by atoms with Crippen molar-refractivity contribution in [1.29, 1.82) is 0 Å². The lowest BCUT2D eigenvalue weighted by Gasteiger charge is -2.01. The van der Waals surface area contributed by atoms with Gasteiger partial charge in [0.15, 0.2) is 0 Å². The van der Waals surface area contributed by atoms with E-state index in [1.54, 1.807) is 41.8 Å². The molecule has 2 amide bonds. The second-order valence-corrected chi connectivity index (χ2v) is 5.35. The minimum absolute atomic E-state index is 0.0314. The van der Waals surface area contributed by atoms with Gasteiger partial charge >= 0.3 is 0 Å². The Morgan fingerprint density at radius 2 is 2.00 bits per heavy atom. The number of nitrogens with zero attached hydrogens (tertiary/aromatic N) is 1. The van der Waals surface area contributed by atoms with E-state index in [1.165, 1.54) is 11.3 Å². The van der Waals surface area contributed by atoms with Crippen molar-refractivity contribution >= 4 is 34.1 Å². The van der Waals surface area contributed by atoms with Crippen molar-refractivity contribution in [2.24, 2.45) is 10.8 Å². The number of hydrogen-bond donors (Lipinski definition) is 2. The van der Waals surface area contributed by atoms with Crippen LogP contribution in [0.2, 0.25) is 0 Å². The highest BCUT2D eigenvalue weighted by Crippen LogP contribution is 2.12. The molecule has 22 heavy (non-hydrogen) atoms. The molecule has 3 aromatic rings. The standard InChI is InChI=1S/C15H11N3O3S/c16-13(19)10-8-9-4-1-2-5-11(9)21-15(10)18-17-14(20)12-6-3-7-22-12/h1-8H,(H2,16,19)(H,17,20)/b18-15-. The summed E-state index contributed by atoms with van der Waals surface area (Å²) in [7, 11) is 0. The largest absolute Gasteiger partial charge is 0.436 e. The molecule has 0 aliphatic carbocycles. The van der Waals surface area contributed by atoms with E-state index < -0.39 is 5.91 Å². The minimum Gasteiger partial charge on any atom is -0.436 e. The molecule has 2 aromatic heterocycles. The van der Waals surface area contributed by atoms with Gasteiger partial charge in [0.1, 0.15) is 11.1 Å². The molecule has 110 valence electrons. The van der Waals surface area contributed by atoms with Gasteiger partial charge in [-0.2, -0.15) is 0 Å². The van der Waals surface area contributed by atoms with E-state index in [2.05, 4.69) is 10.5 Å². The molecule has 0 aliphatic heterocycles. The molecule has 2 heterocycles. The van der Waals surface area contributed by atoms with E-state index in [0.29, 0.717) is 10.5 Å². The zero-order chi connectivity index (χ0) is 15.5. The molecule has 0 unspecified atom stereocenters. The van der Waals surface area contributed by atoms with Crippen LogP contribution < -0.4 is 16.7 Å². The number of carbonyl (C=O) groups is 2. The number of hydrogen-bond acceptors (Lipinski definition) is 5. The van der Waals surface area contributed by atoms with Crippen LogP contribution >= 0.6 is 11.3 Å². The highest BCUT2D eigenvalue weighted by atomic mass is 32.1. The van der Waals surface area contributed by atoms with Gasteiger partial charge in [0.2, 0.25) is 5.55 Å². The van der Waals surface area contributed by atoms with Gasteiger partial charge in [0, 0.05) is 5.39 Å². The molecular weight excluding hydrogens is 302 g/mol. The lowest BCUT2D eigenvalue weighted by Crippen LogP contribution is -2.26. The Balaban J connectivity index is 2.04. The van der Waals surface area contributed by atoms with Gasteiger partial charge in [0.25, 0.3) is 11.8 Å². The maximum absolute atomic E-state index is 11.9. The van der Waals surface area contributed by atoms with Gasteiger partial charge in [-0.15, -0.1) is 16.4 Å². The molecule has 1 aromatic carbocycles. The molecule has 0 atom stereocenters. The number of rotatable bonds is 3. The van der Waals surface area contributed by atoms with E-state index in [9.17, 15) is 9.59 Å². The number of para-hydroxylation sites is 1. The normalized spacial score (nSPS) is 11.5. The molecule has 3 N–H and O–H groups in total. The van der Waals surface area contributed by atoms with Crippen LogP contribution in [0.1, 0.15) is 20.0 Å². The zero-order valence-corrected chi connectivity index (χ0v) is 12.1. The summed E-state index contributed by atoms with van der Waals surface area (Å²) in [5.74, 6) is -1.06. The first kappa shape index (κ1) is 14.0. The van der Waals surface area contributed by atoms with Gasteiger partial charge in [-0.3, -0.25) is 9.59 Å². The highest BCUT2D eigenvalue weighted by molar-refractivity contribution is 7.12. The predicted octanol–water partition coefficient (Wildman–Crippen LogP) is 1.84. The summed E-state index contributed by atoms with van der Waals surface area (Å²) < 4.78 is 5.54. The first-order valence-electron chi connectivity index (χ1n) is 6.35. The molecular formula is C15H11N3O3S. The maximum Gasteiger partial charge on any atom is 0.281 e. The quantitative estimate of drug-likeness (QED) is 0.722. The fourth-order valence-electron chi connectivity index (χ4n) is 1.89. The SMILES string of the molecule is NC(=O)c1cc2ccccc2o/c1=N\NC(=O)c1cccs1. The molecule has 0 bridgehead atoms. The Morgan fingerprint density at radius 1 is 1.18 bits per heavy atom. The number of primary amides is 1. The van der Waals surface area contributed by atoms with Gasteiger partial charge in [-0.1, -0.05) is 24.3 Å². The molecule has 0 fully saturated rings. The average Bonchev–Trinajstić information content (AvgIpc) is 3.06. The smallest absolute Gasteiger partial charge is 0.281 e. The number of nitrogens with two attached hydrogens (primary N) is 1. The van der Waals surface area contributed by atoms with Gasteiger partial charge in [-0.05, 0) is 23.6 Å². The third-order valence-corrected chi connectivity index (χ3v) is 3.79. The van der Waals surface area contributed by atoms with Gasteiger partial charge < -0.3 is 10.2 Å². The Hall–Kier alpha value is -2.93. The van der Waals surface area contributed by atoms with Crippen molar-refractivity contribution in [2.75, 3.05) is 0 Å². The van der Waals surface area contributed by atoms with Crippen LogP contribution in [0.5, 0.6) is 0 Å². The van der Waals surface area contributed by atoms with Gasteiger partial charge in [-0.25, -0.2) is 5.43 Å². The van der Waals surface area contributed by atoms with Crippen LogP contribution in [0.25, 0.3) is 11.0 Å². The Labute approximate surface area is 128 Å². The number of benzene rings is 1. The predicted molar refractivity (Wildman–Crippen MR) is 82.1 cm³/mol. The Bertz CT molecular complexity index is 913. The Kier molecular flexibility index (Phi) is 3.71. The fourth-order valence-corrected chi connectivity index (χ4v) is 2.51. The second kappa shape index (κ2) is 5.82. The number of carbonyl (C=O) groups excluding carboxylic acids is 2. The van der Waals surface area contributed by atoms with Crippen LogP contribution in [-0.2, 0) is 0 Å². The summed E-state index contributed by atoms with van der Waals surface area (Å²) in [6.45, 7) is 0. The molecule has 0 aliphatic rings. The number of fused-ring (bicyclic) bond motifs is 1. The second-order valence-electron chi connectivity index (χ2n) is 4.40. The molecule has 3 rings (SSSR count). The van der Waals surface area contributed by atoms with Crippen molar-refractivity contribution in [3.05, 3.63) is 63.8 Å². The average molecular weight is 313 g/mol. The molecule has 0 saturated heterocycles. The maximum atomic E-state index is 11.9. The summed E-state index contributed by atoms with van der Waals surface area (Å²) in [4.78, 5) is 23.9. The van der Waals surface area contributed by atoms with Crippen LogP contribution in [0.3, 0.4) is 0 Å². The molecule has 0 saturated carbocycles. The van der Waals surface area contributed by atoms with Crippen molar-refractivity contribution in [1.82, 2.24) is 5.43 Å². The van der Waals surface area contributed by atoms with Gasteiger partial charge in [0.05, 0.1) is 4.88 Å². The topological polar surface area (TPSA) is 97.7 Å². The molecule has 7 heteroatoms. The summed E-state index contributed by atoms with van der Waals surface area (Å²) in [6.07, 6.45) is 0. The fraction of sp³-hybridized carbons (Fsp3) is 0. The van der Waals surface area contributed by atoms with Crippen LogP contribution in [0, 0.1) is 0 Å². The van der Waals surface area contributed by atoms with Crippen molar-refractivity contribution in [3.8, 4) is 0 Å². The van der Waals surface area contributed by atoms with E-state index in [1.807, 2.05) is 6.07 Å². The summed E-state index contributed by atoms with van der Waals surface area (Å²) in [5.41, 5.74) is 8.30. The summed E-state index contributed by atoms with van der Waals surface area (Å²) >= 11 is 1.28. The number of thiophene rings is 1. The van der Waals surface area contributed by atoms with E-state index in [4.69, 9.17) is 10.2 Å². The number of nitrogens with one attached hydrogen (secondary N) is 1. The van der Waals surface area contributed by atoms with Crippen molar-refractivity contribution in [2.45, 2.75) is 0 Å². The van der Waals surface area contributed by atoms with Crippen LogP contribution in [0.4, 0.5) is 0 Å². The van der Waals surface area contributed by atoms with E-state index in [0.717, 1.165) is 5.39 Å². The lowest BCUT2D eigenvalue weighted by molar-refractivity contribution is 0.0950. The molecule has 0 radical (unpaired) electrons. The van der Waals surface area contributed by atoms with E-state index in [-0.39, 0.29) is 17.0 Å². The zero-order valence-electron chi connectivity index (χ0n) is 11.3. The van der Waals surface area contributed by atoms with Crippen LogP contribution in [0.15, 0.2) is 57.4 Å². The molecule has 6 nitrogen and oxygen atoms in total. The van der Waals surface area contributed by atoms with E-state index >= 15 is 0 Å². The Morgan fingerprint density at radius 3 is 2.73 bits per heavy atom.